The van der Waals surface area contributed by atoms with Gasteiger partial charge >= 0.3 is 0 Å². The molecule has 0 saturated heterocycles. The van der Waals surface area contributed by atoms with Crippen LogP contribution in [0.25, 0.3) is 0 Å². The predicted octanol–water partition coefficient (Wildman–Crippen LogP) is 2.51. The Labute approximate surface area is 142 Å². The molecule has 0 fully saturated rings. The number of hydrogen-bond donors (Lipinski definition) is 1. The second kappa shape index (κ2) is 5.57. The first-order chi connectivity index (χ1) is 11.3. The number of fused-ring (bicyclic) bond motifs is 2. The van der Waals surface area contributed by atoms with Crippen molar-refractivity contribution in [3.63, 3.8) is 0 Å². The number of benzene rings is 1. The third-order valence-electron chi connectivity index (χ3n) is 4.87. The normalized spacial score (nSPS) is 24.3. The molecule has 0 aliphatic carbocycles. The molecule has 1 aromatic carbocycles. The Kier molecular flexibility index (Phi) is 3.92. The number of amides is 1. The molecule has 6 nitrogen and oxygen atoms in total. The highest BCUT2D eigenvalue weighted by Gasteiger charge is 2.50. The SMILES string of the molecule is COCCC1(OC)C(=O)N(C)c2cc3c(cc21)NC(C)(C)N=C3C. The molecule has 0 spiro atoms. The number of hydrogen-bond acceptors (Lipinski definition) is 5. The van der Waals surface area contributed by atoms with Gasteiger partial charge in [-0.05, 0) is 32.9 Å². The summed E-state index contributed by atoms with van der Waals surface area (Å²) in [5.74, 6) is -0.0618. The van der Waals surface area contributed by atoms with Crippen LogP contribution in [0.5, 0.6) is 0 Å². The van der Waals surface area contributed by atoms with Crippen molar-refractivity contribution in [2.45, 2.75) is 38.5 Å². The Bertz CT molecular complexity index is 726. The average Bonchev–Trinajstić information content (AvgIpc) is 2.72. The molecule has 130 valence electrons. The topological polar surface area (TPSA) is 63.2 Å². The van der Waals surface area contributed by atoms with E-state index < -0.39 is 5.60 Å². The number of nitrogens with zero attached hydrogens (tertiary/aromatic N) is 2. The van der Waals surface area contributed by atoms with E-state index in [-0.39, 0.29) is 11.6 Å². The van der Waals surface area contributed by atoms with Crippen LogP contribution in [-0.4, -0.2) is 45.2 Å². The van der Waals surface area contributed by atoms with Gasteiger partial charge in [0.15, 0.2) is 5.60 Å². The van der Waals surface area contributed by atoms with Crippen molar-refractivity contribution in [3.05, 3.63) is 23.3 Å². The van der Waals surface area contributed by atoms with E-state index in [9.17, 15) is 4.79 Å². The van der Waals surface area contributed by atoms with Gasteiger partial charge in [0, 0.05) is 56.8 Å². The van der Waals surface area contributed by atoms with Gasteiger partial charge in [0.25, 0.3) is 5.91 Å². The van der Waals surface area contributed by atoms with E-state index in [2.05, 4.69) is 10.3 Å². The van der Waals surface area contributed by atoms with Crippen LogP contribution in [0, 0.1) is 0 Å². The van der Waals surface area contributed by atoms with Gasteiger partial charge in [-0.3, -0.25) is 9.79 Å². The molecule has 1 amide bonds. The van der Waals surface area contributed by atoms with Crippen molar-refractivity contribution < 1.29 is 14.3 Å². The third-order valence-corrected chi connectivity index (χ3v) is 4.87. The maximum Gasteiger partial charge on any atom is 0.263 e. The quantitative estimate of drug-likeness (QED) is 0.921. The maximum absolute atomic E-state index is 12.9. The van der Waals surface area contributed by atoms with Gasteiger partial charge in [-0.1, -0.05) is 0 Å². The number of carbonyl (C=O) groups excluding carboxylic acids is 1. The Morgan fingerprint density at radius 3 is 2.62 bits per heavy atom. The molecule has 0 bridgehead atoms. The molecule has 24 heavy (non-hydrogen) atoms. The summed E-state index contributed by atoms with van der Waals surface area (Å²) >= 11 is 0. The first-order valence-corrected chi connectivity index (χ1v) is 8.11. The number of ether oxygens (including phenoxy) is 2. The Morgan fingerprint density at radius 2 is 2.00 bits per heavy atom. The minimum atomic E-state index is -0.997. The van der Waals surface area contributed by atoms with Crippen molar-refractivity contribution in [1.82, 2.24) is 0 Å². The zero-order chi connectivity index (χ0) is 17.7. The lowest BCUT2D eigenvalue weighted by Gasteiger charge is -2.32. The third kappa shape index (κ3) is 2.32. The summed E-state index contributed by atoms with van der Waals surface area (Å²) in [7, 11) is 5.00. The van der Waals surface area contributed by atoms with E-state index in [4.69, 9.17) is 9.47 Å². The minimum absolute atomic E-state index is 0.0618. The van der Waals surface area contributed by atoms with E-state index in [0.29, 0.717) is 13.0 Å². The summed E-state index contributed by atoms with van der Waals surface area (Å²) in [5, 5.41) is 3.44. The molecule has 0 radical (unpaired) electrons. The van der Waals surface area contributed by atoms with E-state index in [0.717, 1.165) is 28.2 Å². The fourth-order valence-corrected chi connectivity index (χ4v) is 3.71. The summed E-state index contributed by atoms with van der Waals surface area (Å²) in [6.45, 7) is 6.50. The highest BCUT2D eigenvalue weighted by molar-refractivity contribution is 6.11. The number of anilines is 2. The number of aliphatic imine (C=N–C) groups is 1. The van der Waals surface area contributed by atoms with Gasteiger partial charge in [-0.15, -0.1) is 0 Å². The van der Waals surface area contributed by atoms with Gasteiger partial charge in [0.1, 0.15) is 5.66 Å². The van der Waals surface area contributed by atoms with Crippen molar-refractivity contribution in [3.8, 4) is 0 Å². The smallest absolute Gasteiger partial charge is 0.263 e. The molecular formula is C18H25N3O3. The maximum atomic E-state index is 12.9. The minimum Gasteiger partial charge on any atom is -0.385 e. The van der Waals surface area contributed by atoms with Gasteiger partial charge in [-0.2, -0.15) is 0 Å². The van der Waals surface area contributed by atoms with Crippen LogP contribution >= 0.6 is 0 Å². The molecular weight excluding hydrogens is 306 g/mol. The lowest BCUT2D eigenvalue weighted by atomic mass is 9.89. The Morgan fingerprint density at radius 1 is 1.29 bits per heavy atom. The molecule has 2 aliphatic heterocycles. The van der Waals surface area contributed by atoms with E-state index in [1.54, 1.807) is 26.2 Å². The second-order valence-corrected chi connectivity index (χ2v) is 6.93. The molecule has 1 unspecified atom stereocenters. The summed E-state index contributed by atoms with van der Waals surface area (Å²) < 4.78 is 11.0. The first-order valence-electron chi connectivity index (χ1n) is 8.11. The van der Waals surface area contributed by atoms with Crippen LogP contribution < -0.4 is 10.2 Å². The van der Waals surface area contributed by atoms with Gasteiger partial charge in [0.2, 0.25) is 0 Å². The highest BCUT2D eigenvalue weighted by Crippen LogP contribution is 2.47. The molecule has 1 N–H and O–H groups in total. The van der Waals surface area contributed by atoms with E-state index in [1.807, 2.05) is 32.9 Å². The summed E-state index contributed by atoms with van der Waals surface area (Å²) in [6, 6.07) is 4.06. The monoisotopic (exact) mass is 331 g/mol. The summed E-state index contributed by atoms with van der Waals surface area (Å²) in [6.07, 6.45) is 0.478. The van der Waals surface area contributed by atoms with E-state index in [1.165, 1.54) is 0 Å². The van der Waals surface area contributed by atoms with Crippen molar-refractivity contribution in [2.24, 2.45) is 4.99 Å². The zero-order valence-corrected chi connectivity index (χ0v) is 15.2. The average molecular weight is 331 g/mol. The molecule has 2 aliphatic rings. The highest BCUT2D eigenvalue weighted by atomic mass is 16.5. The largest absolute Gasteiger partial charge is 0.385 e. The van der Waals surface area contributed by atoms with Gasteiger partial charge in [0.05, 0.1) is 5.69 Å². The van der Waals surface area contributed by atoms with Crippen LogP contribution in [0.1, 0.15) is 38.3 Å². The summed E-state index contributed by atoms with van der Waals surface area (Å²) in [5.41, 5.74) is 3.34. The number of methoxy groups -OCH3 is 2. The van der Waals surface area contributed by atoms with Crippen LogP contribution in [0.3, 0.4) is 0 Å². The zero-order valence-electron chi connectivity index (χ0n) is 15.2. The number of rotatable bonds is 4. The van der Waals surface area contributed by atoms with Crippen LogP contribution in [0.15, 0.2) is 17.1 Å². The fourth-order valence-electron chi connectivity index (χ4n) is 3.71. The summed E-state index contributed by atoms with van der Waals surface area (Å²) in [4.78, 5) is 19.3. The Hall–Kier alpha value is -1.92. The van der Waals surface area contributed by atoms with Crippen molar-refractivity contribution in [1.29, 1.82) is 0 Å². The van der Waals surface area contributed by atoms with Gasteiger partial charge < -0.3 is 19.7 Å². The lowest BCUT2D eigenvalue weighted by Crippen LogP contribution is -2.41. The molecule has 3 rings (SSSR count). The molecule has 6 heteroatoms. The van der Waals surface area contributed by atoms with Crippen molar-refractivity contribution in [2.75, 3.05) is 38.1 Å². The molecule has 1 atom stereocenters. The van der Waals surface area contributed by atoms with Crippen molar-refractivity contribution >= 4 is 23.0 Å². The van der Waals surface area contributed by atoms with E-state index >= 15 is 0 Å². The fraction of sp³-hybridized carbons (Fsp3) is 0.556. The molecule has 1 aromatic rings. The van der Waals surface area contributed by atoms with Crippen LogP contribution in [0.2, 0.25) is 0 Å². The first kappa shape index (κ1) is 16.9. The molecule has 2 heterocycles. The lowest BCUT2D eigenvalue weighted by molar-refractivity contribution is -0.141. The number of likely N-dealkylation sites (N-methyl/N-ethyl adjacent to an activating group) is 1. The predicted molar refractivity (Wildman–Crippen MR) is 94.9 cm³/mol. The number of nitrogens with one attached hydrogen (secondary N) is 1. The van der Waals surface area contributed by atoms with Crippen LogP contribution in [0.4, 0.5) is 11.4 Å². The Balaban J connectivity index is 2.18. The standard InChI is InChI=1S/C18H25N3O3/c1-11-12-9-15-13(10-14(12)20-17(2,3)19-11)18(24-6,7-8-23-5)16(22)21(15)4/h9-10,20H,7-8H2,1-6H3. The molecule has 0 saturated carbocycles. The molecule has 0 aromatic heterocycles. The number of carbonyl (C=O) groups is 1. The van der Waals surface area contributed by atoms with Crippen LogP contribution in [-0.2, 0) is 19.9 Å². The van der Waals surface area contributed by atoms with Gasteiger partial charge in [-0.25, -0.2) is 0 Å². The second-order valence-electron chi connectivity index (χ2n) is 6.93.